The van der Waals surface area contributed by atoms with E-state index in [1.54, 1.807) is 23.0 Å². The number of anilines is 1. The first-order valence-electron chi connectivity index (χ1n) is 11.1. The zero-order chi connectivity index (χ0) is 24.1. The summed E-state index contributed by atoms with van der Waals surface area (Å²) in [5.41, 5.74) is 2.29. The average Bonchev–Trinajstić information content (AvgIpc) is 3.11. The number of carbonyl (C=O) groups is 1. The Morgan fingerprint density at radius 3 is 2.50 bits per heavy atom. The number of amides is 1. The molecule has 2 aromatic carbocycles. The summed E-state index contributed by atoms with van der Waals surface area (Å²) in [7, 11) is -2.54. The van der Waals surface area contributed by atoms with Gasteiger partial charge in [0, 0.05) is 25.6 Å². The zero-order valence-corrected chi connectivity index (χ0v) is 20.0. The number of likely N-dealkylation sites (N-methyl/N-ethyl adjacent to an activating group) is 1. The van der Waals surface area contributed by atoms with Gasteiger partial charge in [-0.05, 0) is 29.7 Å². The van der Waals surface area contributed by atoms with Crippen LogP contribution in [0.5, 0.6) is 11.5 Å². The van der Waals surface area contributed by atoms with E-state index in [1.807, 2.05) is 12.1 Å². The van der Waals surface area contributed by atoms with E-state index in [9.17, 15) is 13.2 Å². The third kappa shape index (κ3) is 5.40. The first kappa shape index (κ1) is 23.8. The van der Waals surface area contributed by atoms with Crippen molar-refractivity contribution in [3.05, 3.63) is 65.9 Å². The molecule has 0 spiro atoms. The summed E-state index contributed by atoms with van der Waals surface area (Å²) < 4.78 is 39.9. The molecule has 4 rings (SSSR count). The van der Waals surface area contributed by atoms with Crippen molar-refractivity contribution in [3.63, 3.8) is 0 Å². The fourth-order valence-electron chi connectivity index (χ4n) is 3.57. The molecular weight excluding hydrogens is 456 g/mol. The first-order chi connectivity index (χ1) is 16.4. The third-order valence-corrected chi connectivity index (χ3v) is 7.34. The lowest BCUT2D eigenvalue weighted by Crippen LogP contribution is -2.35. The Labute approximate surface area is 199 Å². The standard InChI is InChI=1S/C24H28N4O5S/c1-3-18-5-7-19(8-6-18)16-28-23(11-12-25-28)26-24(29)17-27(2)34(30,31)20-9-10-21-22(15-20)33-14-4-13-32-21/h5-12,15H,3-4,13-14,16-17H2,1-2H3,(H,26,29). The molecule has 3 aromatic rings. The molecule has 0 aliphatic carbocycles. The molecule has 1 aliphatic heterocycles. The molecule has 0 atom stereocenters. The van der Waals surface area contributed by atoms with Gasteiger partial charge in [0.1, 0.15) is 5.82 Å². The Kier molecular flexibility index (Phi) is 7.18. The van der Waals surface area contributed by atoms with E-state index in [1.165, 1.54) is 24.7 Å². The Balaban J connectivity index is 1.41. The van der Waals surface area contributed by atoms with Gasteiger partial charge in [-0.3, -0.25) is 4.79 Å². The van der Waals surface area contributed by atoms with Gasteiger partial charge in [-0.2, -0.15) is 9.40 Å². The second-order valence-corrected chi connectivity index (χ2v) is 10.1. The van der Waals surface area contributed by atoms with Gasteiger partial charge in [-0.15, -0.1) is 0 Å². The van der Waals surface area contributed by atoms with Gasteiger partial charge in [0.2, 0.25) is 15.9 Å². The quantitative estimate of drug-likeness (QED) is 0.527. The lowest BCUT2D eigenvalue weighted by molar-refractivity contribution is -0.116. The van der Waals surface area contributed by atoms with E-state index in [0.29, 0.717) is 37.1 Å². The van der Waals surface area contributed by atoms with Crippen LogP contribution in [-0.4, -0.2) is 55.2 Å². The number of rotatable bonds is 8. The molecule has 180 valence electrons. The normalized spacial score (nSPS) is 13.5. The number of benzene rings is 2. The smallest absolute Gasteiger partial charge is 0.243 e. The lowest BCUT2D eigenvalue weighted by atomic mass is 10.1. The molecule has 10 heteroatoms. The van der Waals surface area contributed by atoms with Crippen LogP contribution in [0.2, 0.25) is 0 Å². The summed E-state index contributed by atoms with van der Waals surface area (Å²) >= 11 is 0. The highest BCUT2D eigenvalue weighted by atomic mass is 32.2. The van der Waals surface area contributed by atoms with Crippen LogP contribution < -0.4 is 14.8 Å². The first-order valence-corrected chi connectivity index (χ1v) is 12.6. The van der Waals surface area contributed by atoms with E-state index in [-0.39, 0.29) is 11.4 Å². The predicted molar refractivity (Wildman–Crippen MR) is 128 cm³/mol. The minimum atomic E-state index is -3.91. The lowest BCUT2D eigenvalue weighted by Gasteiger charge is -2.18. The van der Waals surface area contributed by atoms with Crippen molar-refractivity contribution in [1.29, 1.82) is 0 Å². The molecule has 0 unspecified atom stereocenters. The molecule has 0 radical (unpaired) electrons. The average molecular weight is 485 g/mol. The van der Waals surface area contributed by atoms with Crippen LogP contribution in [0.1, 0.15) is 24.5 Å². The van der Waals surface area contributed by atoms with Crippen molar-refractivity contribution in [2.24, 2.45) is 0 Å². The number of ether oxygens (including phenoxy) is 2. The number of fused-ring (bicyclic) bond motifs is 1. The summed E-state index contributed by atoms with van der Waals surface area (Å²) in [5, 5.41) is 7.03. The van der Waals surface area contributed by atoms with Gasteiger partial charge in [0.25, 0.3) is 0 Å². The van der Waals surface area contributed by atoms with Crippen LogP contribution in [0.15, 0.2) is 59.6 Å². The molecule has 0 saturated carbocycles. The number of sulfonamides is 1. The van der Waals surface area contributed by atoms with Gasteiger partial charge < -0.3 is 14.8 Å². The van der Waals surface area contributed by atoms with E-state index < -0.39 is 15.9 Å². The monoisotopic (exact) mass is 484 g/mol. The largest absolute Gasteiger partial charge is 0.490 e. The molecule has 0 bridgehead atoms. The van der Waals surface area contributed by atoms with Crippen molar-refractivity contribution < 1.29 is 22.7 Å². The van der Waals surface area contributed by atoms with Crippen molar-refractivity contribution in [1.82, 2.24) is 14.1 Å². The highest BCUT2D eigenvalue weighted by molar-refractivity contribution is 7.89. The van der Waals surface area contributed by atoms with Gasteiger partial charge in [-0.25, -0.2) is 13.1 Å². The van der Waals surface area contributed by atoms with Crippen LogP contribution in [-0.2, 0) is 27.8 Å². The number of hydrogen-bond donors (Lipinski definition) is 1. The Hall–Kier alpha value is -3.37. The van der Waals surface area contributed by atoms with Crippen molar-refractivity contribution in [2.75, 3.05) is 32.1 Å². The van der Waals surface area contributed by atoms with Crippen molar-refractivity contribution >= 4 is 21.7 Å². The number of aryl methyl sites for hydroxylation is 1. The fraction of sp³-hybridized carbons (Fsp3) is 0.333. The molecule has 0 fully saturated rings. The van der Waals surface area contributed by atoms with Crippen molar-refractivity contribution in [2.45, 2.75) is 31.2 Å². The highest BCUT2D eigenvalue weighted by Crippen LogP contribution is 2.32. The number of aromatic nitrogens is 2. The summed E-state index contributed by atoms with van der Waals surface area (Å²) in [6, 6.07) is 14.3. The second-order valence-electron chi connectivity index (χ2n) is 8.01. The summed E-state index contributed by atoms with van der Waals surface area (Å²) in [6.07, 6.45) is 3.28. The predicted octanol–water partition coefficient (Wildman–Crippen LogP) is 2.91. The topological polar surface area (TPSA) is 103 Å². The number of hydrogen-bond acceptors (Lipinski definition) is 6. The minimum Gasteiger partial charge on any atom is -0.490 e. The van der Waals surface area contributed by atoms with Crippen LogP contribution in [0, 0.1) is 0 Å². The zero-order valence-electron chi connectivity index (χ0n) is 19.2. The number of carbonyl (C=O) groups excluding carboxylic acids is 1. The minimum absolute atomic E-state index is 0.0348. The summed E-state index contributed by atoms with van der Waals surface area (Å²) in [4.78, 5) is 12.7. The van der Waals surface area contributed by atoms with Gasteiger partial charge >= 0.3 is 0 Å². The summed E-state index contributed by atoms with van der Waals surface area (Å²) in [6.45, 7) is 3.19. The molecule has 2 heterocycles. The SMILES string of the molecule is CCc1ccc(Cn2nccc2NC(=O)CN(C)S(=O)(=O)c2ccc3c(c2)OCCCO3)cc1. The van der Waals surface area contributed by atoms with Crippen LogP contribution in [0.4, 0.5) is 5.82 Å². The summed E-state index contributed by atoms with van der Waals surface area (Å²) in [5.74, 6) is 0.913. The van der Waals surface area contributed by atoms with E-state index in [2.05, 4.69) is 29.5 Å². The molecule has 0 saturated heterocycles. The molecule has 1 amide bonds. The van der Waals surface area contributed by atoms with Gasteiger partial charge in [0.05, 0.1) is 37.4 Å². The Bertz CT molecular complexity index is 1250. The molecule has 34 heavy (non-hydrogen) atoms. The molecule has 1 aromatic heterocycles. The maximum Gasteiger partial charge on any atom is 0.243 e. The van der Waals surface area contributed by atoms with E-state index in [0.717, 1.165) is 22.7 Å². The second kappa shape index (κ2) is 10.3. The molecule has 1 aliphatic rings. The number of nitrogens with one attached hydrogen (secondary N) is 1. The molecule has 9 nitrogen and oxygen atoms in total. The Morgan fingerprint density at radius 2 is 1.76 bits per heavy atom. The fourth-order valence-corrected chi connectivity index (χ4v) is 4.71. The van der Waals surface area contributed by atoms with E-state index in [4.69, 9.17) is 9.47 Å². The maximum atomic E-state index is 13.0. The maximum absolute atomic E-state index is 13.0. The third-order valence-electron chi connectivity index (χ3n) is 5.54. The van der Waals surface area contributed by atoms with Crippen LogP contribution >= 0.6 is 0 Å². The highest BCUT2D eigenvalue weighted by Gasteiger charge is 2.25. The Morgan fingerprint density at radius 1 is 1.06 bits per heavy atom. The molecular formula is C24H28N4O5S. The van der Waals surface area contributed by atoms with Crippen LogP contribution in [0.25, 0.3) is 0 Å². The van der Waals surface area contributed by atoms with E-state index >= 15 is 0 Å². The van der Waals surface area contributed by atoms with Crippen molar-refractivity contribution in [3.8, 4) is 11.5 Å². The van der Waals surface area contributed by atoms with Crippen LogP contribution in [0.3, 0.4) is 0 Å². The van der Waals surface area contributed by atoms with Gasteiger partial charge in [0.15, 0.2) is 11.5 Å². The molecule has 1 N–H and O–H groups in total. The van der Waals surface area contributed by atoms with Gasteiger partial charge in [-0.1, -0.05) is 31.2 Å². The number of nitrogens with zero attached hydrogens (tertiary/aromatic N) is 3.